The van der Waals surface area contributed by atoms with Gasteiger partial charge < -0.3 is 5.73 Å². The van der Waals surface area contributed by atoms with Crippen molar-refractivity contribution in [3.8, 4) is 0 Å². The maximum atomic E-state index is 13.9. The fraction of sp³-hybridized carbons (Fsp3) is 0. The third-order valence-corrected chi connectivity index (χ3v) is 4.70. The first-order valence-corrected chi connectivity index (χ1v) is 7.98. The largest absolute Gasteiger partial charge is 0.399 e. The highest BCUT2D eigenvalue weighted by Crippen LogP contribution is 2.29. The minimum Gasteiger partial charge on any atom is -0.399 e. The van der Waals surface area contributed by atoms with Crippen molar-refractivity contribution in [1.29, 1.82) is 0 Å². The second-order valence-electron chi connectivity index (χ2n) is 3.90. The van der Waals surface area contributed by atoms with Gasteiger partial charge in [0.15, 0.2) is 5.82 Å². The fourth-order valence-electron chi connectivity index (χ4n) is 1.52. The molecule has 2 aromatic carbocycles. The third-order valence-electron chi connectivity index (χ3n) is 2.42. The minimum absolute atomic E-state index is 0.0305. The average Bonchev–Trinajstić information content (AvgIpc) is 2.36. The summed E-state index contributed by atoms with van der Waals surface area (Å²) in [6.07, 6.45) is 0. The molecule has 0 saturated carbocycles. The maximum Gasteiger partial charge on any atom is 0.264 e. The van der Waals surface area contributed by atoms with E-state index in [-0.39, 0.29) is 20.9 Å². The number of nitrogens with two attached hydrogens (primary N) is 1. The molecule has 0 bridgehead atoms. The Bertz CT molecular complexity index is 768. The first-order valence-electron chi connectivity index (χ1n) is 5.33. The molecule has 2 rings (SSSR count). The van der Waals surface area contributed by atoms with Crippen LogP contribution in [-0.2, 0) is 10.0 Å². The van der Waals surface area contributed by atoms with Crippen molar-refractivity contribution in [2.45, 2.75) is 4.90 Å². The van der Waals surface area contributed by atoms with E-state index < -0.39 is 20.7 Å². The molecule has 0 aromatic heterocycles. The van der Waals surface area contributed by atoms with Gasteiger partial charge in [-0.25, -0.2) is 12.8 Å². The topological polar surface area (TPSA) is 72.2 Å². The summed E-state index contributed by atoms with van der Waals surface area (Å²) >= 11 is 8.78. The Morgan fingerprint density at radius 1 is 1.25 bits per heavy atom. The van der Waals surface area contributed by atoms with Crippen molar-refractivity contribution >= 4 is 48.9 Å². The van der Waals surface area contributed by atoms with Crippen LogP contribution in [0.5, 0.6) is 0 Å². The molecule has 0 saturated heterocycles. The number of sulfonamides is 1. The molecule has 3 N–H and O–H groups in total. The van der Waals surface area contributed by atoms with E-state index >= 15 is 0 Å². The van der Waals surface area contributed by atoms with Crippen LogP contribution in [0.3, 0.4) is 0 Å². The van der Waals surface area contributed by atoms with Crippen molar-refractivity contribution in [3.05, 3.63) is 51.7 Å². The number of hydrogen-bond donors (Lipinski definition) is 2. The van der Waals surface area contributed by atoms with Crippen LogP contribution in [0.15, 0.2) is 45.8 Å². The molecule has 106 valence electrons. The van der Waals surface area contributed by atoms with Gasteiger partial charge in [0.1, 0.15) is 4.90 Å². The molecule has 0 spiro atoms. The summed E-state index contributed by atoms with van der Waals surface area (Å²) in [4.78, 5) is -0.552. The zero-order valence-corrected chi connectivity index (χ0v) is 13.1. The van der Waals surface area contributed by atoms with Crippen LogP contribution < -0.4 is 10.5 Å². The Balaban J connectivity index is 2.49. The van der Waals surface area contributed by atoms with Gasteiger partial charge in [-0.3, -0.25) is 4.72 Å². The summed E-state index contributed by atoms with van der Waals surface area (Å²) in [7, 11) is -4.13. The number of benzene rings is 2. The van der Waals surface area contributed by atoms with Crippen molar-refractivity contribution < 1.29 is 12.8 Å². The molecule has 0 amide bonds. The van der Waals surface area contributed by atoms with Crippen LogP contribution in [0.4, 0.5) is 15.8 Å². The van der Waals surface area contributed by atoms with Crippen molar-refractivity contribution in [1.82, 2.24) is 0 Å². The minimum atomic E-state index is -4.13. The number of rotatable bonds is 3. The normalized spacial score (nSPS) is 11.3. The number of halogens is 3. The molecule has 0 aliphatic heterocycles. The Morgan fingerprint density at radius 3 is 2.55 bits per heavy atom. The van der Waals surface area contributed by atoms with Crippen LogP contribution in [0.2, 0.25) is 5.02 Å². The Hall–Kier alpha value is -1.31. The highest BCUT2D eigenvalue weighted by atomic mass is 79.9. The molecule has 4 nitrogen and oxygen atoms in total. The third kappa shape index (κ3) is 3.05. The second kappa shape index (κ2) is 5.59. The zero-order chi connectivity index (χ0) is 14.9. The Labute approximate surface area is 128 Å². The molecule has 0 heterocycles. The van der Waals surface area contributed by atoms with Gasteiger partial charge in [-0.1, -0.05) is 23.7 Å². The first kappa shape index (κ1) is 15.1. The first-order chi connectivity index (χ1) is 9.31. The lowest BCUT2D eigenvalue weighted by atomic mass is 10.3. The van der Waals surface area contributed by atoms with Crippen molar-refractivity contribution in [2.24, 2.45) is 0 Å². The lowest BCUT2D eigenvalue weighted by Gasteiger charge is -2.11. The summed E-state index contributed by atoms with van der Waals surface area (Å²) in [5.41, 5.74) is 5.82. The molecule has 20 heavy (non-hydrogen) atoms. The van der Waals surface area contributed by atoms with Gasteiger partial charge in [0.2, 0.25) is 0 Å². The number of anilines is 2. The van der Waals surface area contributed by atoms with Gasteiger partial charge in [-0.15, -0.1) is 0 Å². The van der Waals surface area contributed by atoms with Gasteiger partial charge in [0, 0.05) is 5.69 Å². The van der Waals surface area contributed by atoms with E-state index in [1.165, 1.54) is 18.2 Å². The number of nitrogens with one attached hydrogen (secondary N) is 1. The molecular formula is C12H9BrClFN2O2S. The summed E-state index contributed by atoms with van der Waals surface area (Å²) in [6, 6.07) is 8.57. The molecule has 0 unspecified atom stereocenters. The fourth-order valence-corrected chi connectivity index (χ4v) is 3.59. The van der Waals surface area contributed by atoms with E-state index in [2.05, 4.69) is 20.7 Å². The van der Waals surface area contributed by atoms with E-state index in [4.69, 9.17) is 17.3 Å². The Kier molecular flexibility index (Phi) is 4.22. The number of hydrogen-bond acceptors (Lipinski definition) is 3. The van der Waals surface area contributed by atoms with Crippen LogP contribution in [0, 0.1) is 5.82 Å². The van der Waals surface area contributed by atoms with Gasteiger partial charge in [0.25, 0.3) is 10.0 Å². The smallest absolute Gasteiger partial charge is 0.264 e. The second-order valence-corrected chi connectivity index (χ2v) is 6.81. The molecule has 0 aliphatic rings. The van der Waals surface area contributed by atoms with Gasteiger partial charge in [-0.2, -0.15) is 0 Å². The van der Waals surface area contributed by atoms with Crippen LogP contribution in [0.25, 0.3) is 0 Å². The van der Waals surface area contributed by atoms with E-state index in [0.29, 0.717) is 0 Å². The quantitative estimate of drug-likeness (QED) is 0.800. The van der Waals surface area contributed by atoms with Crippen LogP contribution in [-0.4, -0.2) is 8.42 Å². The molecule has 0 aliphatic carbocycles. The van der Waals surface area contributed by atoms with Gasteiger partial charge >= 0.3 is 0 Å². The lowest BCUT2D eigenvalue weighted by molar-refractivity contribution is 0.567. The molecule has 0 radical (unpaired) electrons. The monoisotopic (exact) mass is 378 g/mol. The number of para-hydroxylation sites is 1. The van der Waals surface area contributed by atoms with E-state index in [1.807, 2.05) is 0 Å². The summed E-state index contributed by atoms with van der Waals surface area (Å²) in [5, 5.41) is 0.208. The van der Waals surface area contributed by atoms with Crippen LogP contribution >= 0.6 is 27.5 Å². The lowest BCUT2D eigenvalue weighted by Crippen LogP contribution is -2.15. The van der Waals surface area contributed by atoms with E-state index in [1.54, 1.807) is 12.1 Å². The zero-order valence-electron chi connectivity index (χ0n) is 9.90. The predicted octanol–water partition coefficient (Wildman–Crippen LogP) is 3.62. The molecule has 8 heteroatoms. The van der Waals surface area contributed by atoms with E-state index in [9.17, 15) is 12.8 Å². The van der Waals surface area contributed by atoms with Gasteiger partial charge in [0.05, 0.1) is 15.2 Å². The van der Waals surface area contributed by atoms with E-state index in [0.717, 1.165) is 6.07 Å². The number of nitrogen functional groups attached to an aromatic ring is 1. The maximum absolute atomic E-state index is 13.9. The van der Waals surface area contributed by atoms with Crippen molar-refractivity contribution in [2.75, 3.05) is 10.5 Å². The summed E-state index contributed by atoms with van der Waals surface area (Å²) < 4.78 is 40.5. The van der Waals surface area contributed by atoms with Gasteiger partial charge in [-0.05, 0) is 40.2 Å². The highest BCUT2D eigenvalue weighted by molar-refractivity contribution is 9.10. The van der Waals surface area contributed by atoms with Crippen LogP contribution in [0.1, 0.15) is 0 Å². The summed E-state index contributed by atoms with van der Waals surface area (Å²) in [5.74, 6) is -0.918. The Morgan fingerprint density at radius 2 is 1.90 bits per heavy atom. The van der Waals surface area contributed by atoms with Crippen molar-refractivity contribution in [3.63, 3.8) is 0 Å². The predicted molar refractivity (Wildman–Crippen MR) is 80.8 cm³/mol. The SMILES string of the molecule is Nc1cc(Br)c(F)c(S(=O)(=O)Nc2ccccc2Cl)c1. The highest BCUT2D eigenvalue weighted by Gasteiger charge is 2.22. The molecule has 0 atom stereocenters. The molecule has 0 fully saturated rings. The molecular weight excluding hydrogens is 371 g/mol. The standard InChI is InChI=1S/C12H9BrClFN2O2S/c13-8-5-7(16)6-11(12(8)15)20(18,19)17-10-4-2-1-3-9(10)14/h1-6,17H,16H2. The summed E-state index contributed by atoms with van der Waals surface area (Å²) in [6.45, 7) is 0. The molecule has 2 aromatic rings. The average molecular weight is 380 g/mol.